The van der Waals surface area contributed by atoms with Gasteiger partial charge in [-0.1, -0.05) is 48.5 Å². The zero-order valence-electron chi connectivity index (χ0n) is 31.5. The van der Waals surface area contributed by atoms with Crippen molar-refractivity contribution in [1.29, 1.82) is 0 Å². The highest BCUT2D eigenvalue weighted by molar-refractivity contribution is 5.98. The highest BCUT2D eigenvalue weighted by Crippen LogP contribution is 2.48. The van der Waals surface area contributed by atoms with Gasteiger partial charge in [0.05, 0.1) is 21.8 Å². The van der Waals surface area contributed by atoms with Crippen molar-refractivity contribution in [3.8, 4) is 0 Å². The molecule has 0 aromatic rings. The Kier molecular flexibility index (Phi) is 11.8. The third-order valence-corrected chi connectivity index (χ3v) is 12.2. The molecular weight excluding hydrogens is 642 g/mol. The molecule has 0 aliphatic carbocycles. The number of likely N-dealkylation sites (N-methyl/N-ethyl adjacent to an activating group) is 4. The second-order valence-electron chi connectivity index (χ2n) is 14.6. The van der Waals surface area contributed by atoms with Gasteiger partial charge in [0.25, 0.3) is 0 Å². The van der Waals surface area contributed by atoms with Crippen LogP contribution in [0.3, 0.4) is 0 Å². The summed E-state index contributed by atoms with van der Waals surface area (Å²) in [4.78, 5) is 76.0. The predicted molar refractivity (Wildman–Crippen MR) is 189 cm³/mol. The Bertz CT molecular complexity index is 1280. The van der Waals surface area contributed by atoms with Gasteiger partial charge in [0.1, 0.15) is 17.4 Å². The lowest BCUT2D eigenvalue weighted by atomic mass is 9.73. The second-order valence-corrected chi connectivity index (χ2v) is 14.6. The Hall–Kier alpha value is -3.14. The van der Waals surface area contributed by atoms with Crippen LogP contribution in [0.2, 0.25) is 0 Å². The van der Waals surface area contributed by atoms with Crippen molar-refractivity contribution in [2.75, 3.05) is 85.6 Å². The Morgan fingerprint density at radius 3 is 1.10 bits per heavy atom. The highest BCUT2D eigenvalue weighted by atomic mass is 16.2. The number of nitrogens with one attached hydrogen (secondary N) is 6. The van der Waals surface area contributed by atoms with Crippen molar-refractivity contribution in [2.45, 2.75) is 84.3 Å². The molecule has 8 saturated heterocycles. The largest absolute Gasteiger partial charge is 0.354 e. The Labute approximate surface area is 297 Å². The molecule has 6 unspecified atom stereocenters. The minimum atomic E-state index is -0.499. The number of rotatable bonds is 6. The molecule has 8 heterocycles. The van der Waals surface area contributed by atoms with Gasteiger partial charge < -0.3 is 36.7 Å². The van der Waals surface area contributed by atoms with E-state index in [2.05, 4.69) is 46.6 Å². The van der Waals surface area contributed by atoms with Crippen LogP contribution in [0.15, 0.2) is 0 Å². The van der Waals surface area contributed by atoms with Gasteiger partial charge in [-0.3, -0.25) is 38.7 Å². The SMILES string of the molecule is CC.CC.CCN1CC2(CNC2=O)CC1(C=O)CNC.CCN1CC2(CNC2=O)CC12CNC2=O.CCN1CC2(CNC2=O)CC12CNC2=O. The molecule has 5 spiro atoms. The lowest BCUT2D eigenvalue weighted by molar-refractivity contribution is -0.143. The van der Waals surface area contributed by atoms with Crippen molar-refractivity contribution >= 4 is 35.8 Å². The summed E-state index contributed by atoms with van der Waals surface area (Å²) in [5.41, 5.74) is -2.09. The lowest BCUT2D eigenvalue weighted by Gasteiger charge is -2.44. The number of β-lactam (4-membered cyclic amide) rings is 5. The van der Waals surface area contributed by atoms with Gasteiger partial charge in [-0.05, 0) is 45.9 Å². The first-order chi connectivity index (χ1) is 23.9. The minimum absolute atomic E-state index is 0.0981. The smallest absolute Gasteiger partial charge is 0.242 e. The summed E-state index contributed by atoms with van der Waals surface area (Å²) in [5, 5.41) is 17.0. The summed E-state index contributed by atoms with van der Waals surface area (Å²) in [6.45, 7) is 23.0. The number of carbonyl (C=O) groups excluding carboxylic acids is 6. The normalized spacial score (nSPS) is 38.8. The van der Waals surface area contributed by atoms with E-state index >= 15 is 0 Å². The van der Waals surface area contributed by atoms with Crippen molar-refractivity contribution in [3.63, 3.8) is 0 Å². The van der Waals surface area contributed by atoms with E-state index in [1.165, 1.54) is 0 Å². The van der Waals surface area contributed by atoms with Crippen molar-refractivity contribution in [1.82, 2.24) is 46.6 Å². The van der Waals surface area contributed by atoms with E-state index < -0.39 is 5.54 Å². The van der Waals surface area contributed by atoms with Crippen LogP contribution in [0.5, 0.6) is 0 Å². The topological polar surface area (TPSA) is 184 Å². The van der Waals surface area contributed by atoms with Gasteiger partial charge in [-0.25, -0.2) is 0 Å². The molecule has 15 nitrogen and oxygen atoms in total. The zero-order chi connectivity index (χ0) is 37.2. The molecule has 8 aliphatic heterocycles. The Balaban J connectivity index is 0.000000160. The zero-order valence-corrected chi connectivity index (χ0v) is 31.5. The van der Waals surface area contributed by atoms with E-state index in [0.29, 0.717) is 52.0 Å². The molecule has 282 valence electrons. The predicted octanol–water partition coefficient (Wildman–Crippen LogP) is -1.57. The van der Waals surface area contributed by atoms with Gasteiger partial charge >= 0.3 is 0 Å². The van der Waals surface area contributed by atoms with Crippen molar-refractivity contribution in [2.24, 2.45) is 16.2 Å². The van der Waals surface area contributed by atoms with Crippen molar-refractivity contribution < 1.29 is 28.8 Å². The second kappa shape index (κ2) is 14.8. The third-order valence-electron chi connectivity index (χ3n) is 12.2. The summed E-state index contributed by atoms with van der Waals surface area (Å²) in [7, 11) is 1.84. The van der Waals surface area contributed by atoms with E-state index in [0.717, 1.165) is 52.1 Å². The number of hydrogen-bond acceptors (Lipinski definition) is 10. The van der Waals surface area contributed by atoms with Crippen LogP contribution in [0.4, 0.5) is 0 Å². The van der Waals surface area contributed by atoms with Crippen LogP contribution in [0.1, 0.15) is 67.7 Å². The summed E-state index contributed by atoms with van der Waals surface area (Å²) >= 11 is 0. The molecule has 0 saturated carbocycles. The van der Waals surface area contributed by atoms with Crippen molar-refractivity contribution in [3.05, 3.63) is 0 Å². The maximum Gasteiger partial charge on any atom is 0.242 e. The summed E-state index contributed by atoms with van der Waals surface area (Å²) in [6, 6.07) is 0. The van der Waals surface area contributed by atoms with Gasteiger partial charge in [-0.2, -0.15) is 0 Å². The van der Waals surface area contributed by atoms with E-state index in [9.17, 15) is 28.8 Å². The van der Waals surface area contributed by atoms with Gasteiger partial charge in [0.2, 0.25) is 29.5 Å². The fraction of sp³-hybridized carbons (Fsp3) is 0.829. The fourth-order valence-corrected chi connectivity index (χ4v) is 9.23. The molecule has 8 rings (SSSR count). The minimum Gasteiger partial charge on any atom is -0.354 e. The molecule has 0 aromatic carbocycles. The summed E-state index contributed by atoms with van der Waals surface area (Å²) in [5.74, 6) is 0.544. The molecule has 15 heteroatoms. The molecule has 0 bridgehead atoms. The number of hydrogen-bond donors (Lipinski definition) is 6. The summed E-state index contributed by atoms with van der Waals surface area (Å²) in [6.07, 6.45) is 3.05. The van der Waals surface area contributed by atoms with Crippen LogP contribution in [0.25, 0.3) is 0 Å². The van der Waals surface area contributed by atoms with E-state index in [1.807, 2.05) is 55.5 Å². The maximum atomic E-state index is 11.7. The number of carbonyl (C=O) groups is 6. The molecular formula is C35H61N9O6. The lowest BCUT2D eigenvalue weighted by Crippen LogP contribution is -2.70. The number of nitrogens with zero attached hydrogens (tertiary/aromatic N) is 3. The van der Waals surface area contributed by atoms with Gasteiger partial charge in [-0.15, -0.1) is 0 Å². The van der Waals surface area contributed by atoms with Crippen LogP contribution in [-0.4, -0.2) is 153 Å². The monoisotopic (exact) mass is 703 g/mol. The average molecular weight is 704 g/mol. The molecule has 5 amide bonds. The van der Waals surface area contributed by atoms with E-state index in [-0.39, 0.29) is 56.9 Å². The summed E-state index contributed by atoms with van der Waals surface area (Å²) < 4.78 is 0. The number of aldehydes is 1. The highest BCUT2D eigenvalue weighted by Gasteiger charge is 2.67. The standard InChI is InChI=1S/C11H19N3O2.2C10H15N3O2.2C2H6/c1-3-14-7-10(5-13-9(10)16)4-11(14,8-15)6-12-2;2*1-2-13-6-9(4-11-7(9)14)3-10(13)5-12-8(10)15;2*1-2/h8,12H,3-7H2,1-2H3,(H,13,16);2*2-6H2,1H3,(H,11,14)(H,12,15);2*1-2H3. The Morgan fingerprint density at radius 1 is 0.560 bits per heavy atom. The molecule has 8 fully saturated rings. The third kappa shape index (κ3) is 5.91. The first-order valence-corrected chi connectivity index (χ1v) is 18.7. The maximum absolute atomic E-state index is 11.7. The average Bonchev–Trinajstić information content (AvgIpc) is 3.86. The first-order valence-electron chi connectivity index (χ1n) is 18.7. The van der Waals surface area contributed by atoms with Gasteiger partial charge in [0, 0.05) is 58.9 Å². The molecule has 6 N–H and O–H groups in total. The molecule has 8 aliphatic rings. The van der Waals surface area contributed by atoms with E-state index in [4.69, 9.17) is 0 Å². The van der Waals surface area contributed by atoms with E-state index in [1.54, 1.807) is 0 Å². The molecule has 50 heavy (non-hydrogen) atoms. The first kappa shape index (κ1) is 39.6. The fourth-order valence-electron chi connectivity index (χ4n) is 9.23. The Morgan fingerprint density at radius 2 is 0.900 bits per heavy atom. The van der Waals surface area contributed by atoms with Gasteiger partial charge in [0.15, 0.2) is 0 Å². The van der Waals surface area contributed by atoms with Crippen LogP contribution >= 0.6 is 0 Å². The quantitative estimate of drug-likeness (QED) is 0.140. The molecule has 0 radical (unpaired) electrons. The van der Waals surface area contributed by atoms with Crippen LogP contribution in [0, 0.1) is 16.2 Å². The van der Waals surface area contributed by atoms with Crippen LogP contribution < -0.4 is 31.9 Å². The molecule has 0 aromatic heterocycles. The number of likely N-dealkylation sites (tertiary alicyclic amines) is 3. The van der Waals surface area contributed by atoms with Crippen LogP contribution in [-0.2, 0) is 28.8 Å². The molecule has 6 atom stereocenters. The number of amides is 5.